The molecule has 0 spiro atoms. The van der Waals surface area contributed by atoms with Crippen LogP contribution < -0.4 is 91.2 Å². The van der Waals surface area contributed by atoms with Gasteiger partial charge in [0.25, 0.3) is 20.1 Å². The van der Waals surface area contributed by atoms with E-state index in [2.05, 4.69) is 383 Å². The third-order valence-corrected chi connectivity index (χ3v) is 26.8. The molecule has 8 heterocycles. The first kappa shape index (κ1) is 68.2. The third-order valence-electron chi connectivity index (χ3n) is 24.4. The second-order valence-corrected chi connectivity index (χ2v) is 34.1. The highest BCUT2D eigenvalue weighted by Gasteiger charge is 2.52. The number of hydrogen-bond acceptors (Lipinski definition) is 11. The molecule has 23 rings (SSSR count). The number of fused-ring (bicyclic) bond motifs is 16. The molecule has 2 aromatic heterocycles. The first-order chi connectivity index (χ1) is 56.8. The Morgan fingerprint density at radius 1 is 0.250 bits per heavy atom. The molecule has 552 valence electrons. The van der Waals surface area contributed by atoms with Crippen LogP contribution in [0.25, 0.3) is 20.2 Å². The van der Waals surface area contributed by atoms with Gasteiger partial charge in [-0.3, -0.25) is 0 Å². The first-order valence-corrected chi connectivity index (χ1v) is 41.6. The Kier molecular flexibility index (Phi) is 15.3. The van der Waals surface area contributed by atoms with Crippen molar-refractivity contribution >= 4 is 196 Å². The van der Waals surface area contributed by atoms with Crippen molar-refractivity contribution in [2.75, 3.05) is 24.5 Å². The summed E-state index contributed by atoms with van der Waals surface area (Å²) >= 11 is 3.65. The van der Waals surface area contributed by atoms with Gasteiger partial charge < -0.3 is 43.4 Å². The molecular weight excluding hydrogens is 1460 g/mol. The number of nitrogens with zero attached hydrogens (tertiary/aromatic N) is 5. The molecule has 0 radical (unpaired) electrons. The van der Waals surface area contributed by atoms with Crippen LogP contribution in [0.4, 0.5) is 85.3 Å². The normalized spacial score (nSPS) is 13.2. The fourth-order valence-electron chi connectivity index (χ4n) is 19.7. The lowest BCUT2D eigenvalue weighted by Gasteiger charge is -2.47. The van der Waals surface area contributed by atoms with Crippen molar-refractivity contribution in [1.82, 2.24) is 0 Å². The molecule has 0 aliphatic carbocycles. The van der Waals surface area contributed by atoms with Gasteiger partial charge in [0.05, 0.1) is 28.4 Å². The van der Waals surface area contributed by atoms with E-state index in [1.54, 1.807) is 0 Å². The standard InChI is InChI=1S/C102H74B3N5O4S2/c1-59-37-41-71(42-38-59)108(72-43-39-60(2)40-44-72)75-52-89-96-91(54-75)114-100-77-34-22-24-36-93(77)116-102(100)105(96)81-56-79-83(58-87(81)112-89)110(98-65(7)47-62(4)48-66(98)8)85-50-73(106(67-25-13-9-14-26-67)68-27-15-10-16-28-68)49-84-94(85)103(79)78-55-80-86(57-82(78)109(84)97-63(5)45-61(3)46-64(97)6)111-88-51-74(107(69-29-17-11-18-30-69)70-31-19-12-20-32-70)53-90-95(88)104(80)101-99(113-90)76-33-21-23-35-92(76)115-101/h9-58H,1-8H3. The number of aryl methyl sites for hydroxylation is 8. The molecular formula is C102H74B3N5O4S2. The Balaban J connectivity index is 0.831. The van der Waals surface area contributed by atoms with E-state index in [0.717, 1.165) is 207 Å². The summed E-state index contributed by atoms with van der Waals surface area (Å²) in [4.78, 5) is 12.3. The van der Waals surface area contributed by atoms with Crippen LogP contribution in [-0.2, 0) is 0 Å². The van der Waals surface area contributed by atoms with Gasteiger partial charge in [0.2, 0.25) is 0 Å². The monoisotopic (exact) mass is 1530 g/mol. The van der Waals surface area contributed by atoms with E-state index >= 15 is 0 Å². The number of ether oxygens (including phenoxy) is 4. The molecule has 0 bridgehead atoms. The van der Waals surface area contributed by atoms with E-state index in [0.29, 0.717) is 0 Å². The number of rotatable bonds is 11. The Hall–Kier alpha value is -13.4. The summed E-state index contributed by atoms with van der Waals surface area (Å²) in [5.41, 5.74) is 32.6. The number of hydrogen-bond donors (Lipinski definition) is 0. The van der Waals surface area contributed by atoms with Crippen LogP contribution in [0.3, 0.4) is 0 Å². The van der Waals surface area contributed by atoms with Crippen LogP contribution in [-0.4, -0.2) is 20.1 Å². The van der Waals surface area contributed by atoms with Crippen molar-refractivity contribution in [3.8, 4) is 46.0 Å². The van der Waals surface area contributed by atoms with E-state index in [1.165, 1.54) is 37.1 Å². The maximum absolute atomic E-state index is 7.91. The largest absolute Gasteiger partial charge is 0.458 e. The van der Waals surface area contributed by atoms with Gasteiger partial charge in [-0.05, 0) is 214 Å². The minimum Gasteiger partial charge on any atom is -0.458 e. The van der Waals surface area contributed by atoms with Gasteiger partial charge in [0.1, 0.15) is 46.0 Å². The molecule has 15 aromatic carbocycles. The van der Waals surface area contributed by atoms with Gasteiger partial charge in [0.15, 0.2) is 0 Å². The molecule has 116 heavy (non-hydrogen) atoms. The van der Waals surface area contributed by atoms with Crippen LogP contribution in [0.2, 0.25) is 0 Å². The van der Waals surface area contributed by atoms with Gasteiger partial charge in [-0.2, -0.15) is 0 Å². The molecule has 0 saturated heterocycles. The lowest BCUT2D eigenvalue weighted by molar-refractivity contribution is 0.467. The van der Waals surface area contributed by atoms with Gasteiger partial charge >= 0.3 is 0 Å². The highest BCUT2D eigenvalue weighted by Crippen LogP contribution is 2.55. The van der Waals surface area contributed by atoms with Crippen LogP contribution in [0, 0.1) is 55.4 Å². The zero-order valence-corrected chi connectivity index (χ0v) is 66.9. The Bertz CT molecular complexity index is 6730. The number of anilines is 15. The Labute approximate surface area is 683 Å². The van der Waals surface area contributed by atoms with Crippen LogP contribution >= 0.6 is 22.7 Å². The summed E-state index contributed by atoms with van der Waals surface area (Å²) in [6.45, 7) is 16.9. The van der Waals surface area contributed by atoms with Gasteiger partial charge in [-0.15, -0.1) is 22.7 Å². The number of para-hydroxylation sites is 4. The third kappa shape index (κ3) is 10.5. The van der Waals surface area contributed by atoms with Gasteiger partial charge in [-0.25, -0.2) is 0 Å². The predicted molar refractivity (Wildman–Crippen MR) is 489 cm³/mol. The second kappa shape index (κ2) is 26.1. The summed E-state index contributed by atoms with van der Waals surface area (Å²) in [5, 5.41) is 2.18. The maximum Gasteiger partial charge on any atom is 0.273 e. The van der Waals surface area contributed by atoms with Crippen LogP contribution in [0.15, 0.2) is 303 Å². The fourth-order valence-corrected chi connectivity index (χ4v) is 22.2. The average Bonchev–Trinajstić information content (AvgIpc) is 0.803. The topological polar surface area (TPSA) is 53.1 Å². The van der Waals surface area contributed by atoms with E-state index in [9.17, 15) is 0 Å². The number of benzene rings is 15. The van der Waals surface area contributed by atoms with Crippen molar-refractivity contribution in [3.05, 3.63) is 348 Å². The van der Waals surface area contributed by atoms with Gasteiger partial charge in [0, 0.05) is 134 Å². The molecule has 0 atom stereocenters. The van der Waals surface area contributed by atoms with E-state index in [4.69, 9.17) is 18.9 Å². The Morgan fingerprint density at radius 3 is 0.931 bits per heavy atom. The molecule has 17 aromatic rings. The summed E-state index contributed by atoms with van der Waals surface area (Å²) in [7, 11) is 0. The zero-order chi connectivity index (χ0) is 77.6. The molecule has 0 fully saturated rings. The number of thiophene rings is 2. The van der Waals surface area contributed by atoms with Crippen molar-refractivity contribution < 1.29 is 18.9 Å². The second-order valence-electron chi connectivity index (χ2n) is 32.0. The van der Waals surface area contributed by atoms with Crippen LogP contribution in [0.5, 0.6) is 46.0 Å². The van der Waals surface area contributed by atoms with Gasteiger partial charge in [-0.1, -0.05) is 180 Å². The average molecular weight is 1530 g/mol. The zero-order valence-electron chi connectivity index (χ0n) is 65.3. The molecule has 0 amide bonds. The summed E-state index contributed by atoms with van der Waals surface area (Å²) in [6.07, 6.45) is 0. The van der Waals surface area contributed by atoms with E-state index < -0.39 is 0 Å². The van der Waals surface area contributed by atoms with E-state index in [-0.39, 0.29) is 20.1 Å². The summed E-state index contributed by atoms with van der Waals surface area (Å²) in [6, 6.07) is 111. The minimum atomic E-state index is -0.390. The molecule has 6 aliphatic heterocycles. The highest BCUT2D eigenvalue weighted by atomic mass is 32.1. The lowest BCUT2D eigenvalue weighted by atomic mass is 9.30. The molecule has 14 heteroatoms. The van der Waals surface area contributed by atoms with Crippen molar-refractivity contribution in [1.29, 1.82) is 0 Å². The SMILES string of the molecule is Cc1ccc(N(c2ccc(C)cc2)c2cc3c4c(c2)Oc2c(sc5ccccc25)B4c2cc4c(cc2O3)N(c2c(C)cc(C)cc2C)c2cc(N(c3ccccc3)c3ccccc3)cc3c2B4c2cc4c(cc2N3c2c(C)cc(C)cc2C)Oc2cc(N(c3ccccc3)c3ccccc3)cc3c2B4c2sc4ccccc4c2O3)cc1. The van der Waals surface area contributed by atoms with E-state index in [1.807, 2.05) is 22.7 Å². The van der Waals surface area contributed by atoms with Crippen molar-refractivity contribution in [2.45, 2.75) is 55.4 Å². The molecule has 6 aliphatic rings. The molecule has 9 nitrogen and oxygen atoms in total. The first-order valence-electron chi connectivity index (χ1n) is 39.9. The van der Waals surface area contributed by atoms with Crippen molar-refractivity contribution in [3.63, 3.8) is 0 Å². The molecule has 0 unspecified atom stereocenters. The maximum atomic E-state index is 7.91. The summed E-state index contributed by atoms with van der Waals surface area (Å²) < 4.78 is 35.4. The molecule has 0 N–H and O–H groups in total. The lowest BCUT2D eigenvalue weighted by Crippen LogP contribution is -2.65. The smallest absolute Gasteiger partial charge is 0.273 e. The highest BCUT2D eigenvalue weighted by molar-refractivity contribution is 7.33. The quantitative estimate of drug-likeness (QED) is 0.118. The predicted octanol–water partition coefficient (Wildman–Crippen LogP) is 22.5. The molecule has 0 saturated carbocycles. The minimum absolute atomic E-state index is 0.285. The Morgan fingerprint density at radius 2 is 0.569 bits per heavy atom. The van der Waals surface area contributed by atoms with Crippen LogP contribution in [0.1, 0.15) is 44.5 Å². The fraction of sp³-hybridized carbons (Fsp3) is 0.0784. The van der Waals surface area contributed by atoms with Crippen molar-refractivity contribution in [2.24, 2.45) is 0 Å². The summed E-state index contributed by atoms with van der Waals surface area (Å²) in [5.74, 6) is 6.39.